The minimum Gasteiger partial charge on any atom is -0.479 e. The molecule has 18 heavy (non-hydrogen) atoms. The van der Waals surface area contributed by atoms with Gasteiger partial charge in [0.2, 0.25) is 0 Å². The van der Waals surface area contributed by atoms with Crippen LogP contribution >= 0.6 is 0 Å². The molecule has 0 aromatic rings. The Hall–Kier alpha value is -1.34. The fraction of sp³-hybridized carbons (Fsp3) is 0.818. The Balaban J connectivity index is 1.91. The maximum Gasteiger partial charge on any atom is 0.334 e. The number of likely N-dealkylation sites (tertiary alicyclic amines) is 1. The van der Waals surface area contributed by atoms with Crippen LogP contribution in [0, 0.1) is 5.92 Å². The first-order valence-electron chi connectivity index (χ1n) is 6.20. The number of carbonyl (C=O) groups excluding carboxylic acids is 1. The number of nitrogens with two attached hydrogens (primary N) is 1. The Morgan fingerprint density at radius 3 is 2.61 bits per heavy atom. The van der Waals surface area contributed by atoms with Crippen molar-refractivity contribution in [3.05, 3.63) is 0 Å². The molecule has 2 aliphatic rings. The molecule has 2 aliphatic heterocycles. The minimum absolute atomic E-state index is 0.0968. The summed E-state index contributed by atoms with van der Waals surface area (Å²) in [6.07, 6.45) is 0.0187. The number of carbonyl (C=O) groups is 2. The predicted molar refractivity (Wildman–Crippen MR) is 63.1 cm³/mol. The van der Waals surface area contributed by atoms with E-state index in [0.29, 0.717) is 32.1 Å². The fourth-order valence-corrected chi connectivity index (χ4v) is 2.37. The molecular formula is C11H19N3O4. The SMILES string of the molecule is NCC1CCN(C(=O)N2CCOC(C(=O)O)C2)C1. The second-order valence-electron chi connectivity index (χ2n) is 4.76. The van der Waals surface area contributed by atoms with Crippen LogP contribution in [0.1, 0.15) is 6.42 Å². The summed E-state index contributed by atoms with van der Waals surface area (Å²) in [7, 11) is 0. The zero-order chi connectivity index (χ0) is 13.1. The van der Waals surface area contributed by atoms with E-state index in [0.717, 1.165) is 6.42 Å². The van der Waals surface area contributed by atoms with Crippen LogP contribution in [0.4, 0.5) is 4.79 Å². The van der Waals surface area contributed by atoms with Crippen molar-refractivity contribution in [3.8, 4) is 0 Å². The average Bonchev–Trinajstić information content (AvgIpc) is 2.86. The van der Waals surface area contributed by atoms with Crippen LogP contribution in [-0.2, 0) is 9.53 Å². The standard InChI is InChI=1S/C11H19N3O4/c12-5-8-1-2-13(6-8)11(17)14-3-4-18-9(7-14)10(15)16/h8-9H,1-7,12H2,(H,15,16). The van der Waals surface area contributed by atoms with Gasteiger partial charge in [-0.1, -0.05) is 0 Å². The van der Waals surface area contributed by atoms with Crippen LogP contribution in [-0.4, -0.2) is 72.3 Å². The van der Waals surface area contributed by atoms with Crippen molar-refractivity contribution in [3.63, 3.8) is 0 Å². The van der Waals surface area contributed by atoms with Crippen molar-refractivity contribution in [2.75, 3.05) is 39.3 Å². The van der Waals surface area contributed by atoms with Crippen molar-refractivity contribution < 1.29 is 19.4 Å². The normalized spacial score (nSPS) is 28.5. The quantitative estimate of drug-likeness (QED) is 0.673. The topological polar surface area (TPSA) is 96.1 Å². The summed E-state index contributed by atoms with van der Waals surface area (Å²) in [6, 6.07) is -0.0968. The third-order valence-electron chi connectivity index (χ3n) is 3.50. The molecule has 2 saturated heterocycles. The lowest BCUT2D eigenvalue weighted by molar-refractivity contribution is -0.154. The highest BCUT2D eigenvalue weighted by atomic mass is 16.5. The monoisotopic (exact) mass is 257 g/mol. The van der Waals surface area contributed by atoms with Gasteiger partial charge in [0.25, 0.3) is 0 Å². The van der Waals surface area contributed by atoms with E-state index >= 15 is 0 Å². The molecule has 0 bridgehead atoms. The van der Waals surface area contributed by atoms with Crippen molar-refractivity contribution in [1.29, 1.82) is 0 Å². The van der Waals surface area contributed by atoms with Gasteiger partial charge in [-0.15, -0.1) is 0 Å². The van der Waals surface area contributed by atoms with Gasteiger partial charge in [0.1, 0.15) is 0 Å². The minimum atomic E-state index is -1.02. The lowest BCUT2D eigenvalue weighted by Crippen LogP contribution is -2.52. The van der Waals surface area contributed by atoms with E-state index in [4.69, 9.17) is 15.6 Å². The highest BCUT2D eigenvalue weighted by Crippen LogP contribution is 2.18. The van der Waals surface area contributed by atoms with Gasteiger partial charge in [-0.25, -0.2) is 9.59 Å². The van der Waals surface area contributed by atoms with Gasteiger partial charge in [0.05, 0.1) is 13.2 Å². The van der Waals surface area contributed by atoms with E-state index in [1.54, 1.807) is 9.80 Å². The third kappa shape index (κ3) is 2.73. The van der Waals surface area contributed by atoms with Gasteiger partial charge in [-0.3, -0.25) is 0 Å². The van der Waals surface area contributed by atoms with Crippen molar-refractivity contribution in [2.45, 2.75) is 12.5 Å². The average molecular weight is 257 g/mol. The fourth-order valence-electron chi connectivity index (χ4n) is 2.37. The van der Waals surface area contributed by atoms with Crippen LogP contribution in [0.15, 0.2) is 0 Å². The molecule has 2 atom stereocenters. The summed E-state index contributed by atoms with van der Waals surface area (Å²) >= 11 is 0. The number of morpholine rings is 1. The smallest absolute Gasteiger partial charge is 0.334 e. The zero-order valence-corrected chi connectivity index (χ0v) is 10.2. The Bertz CT molecular complexity index is 336. The van der Waals surface area contributed by atoms with E-state index in [1.165, 1.54) is 0 Å². The molecule has 0 radical (unpaired) electrons. The molecule has 7 nitrogen and oxygen atoms in total. The van der Waals surface area contributed by atoms with Gasteiger partial charge >= 0.3 is 12.0 Å². The van der Waals surface area contributed by atoms with Crippen molar-refractivity contribution >= 4 is 12.0 Å². The van der Waals surface area contributed by atoms with Crippen LogP contribution in [0.25, 0.3) is 0 Å². The van der Waals surface area contributed by atoms with E-state index in [2.05, 4.69) is 0 Å². The summed E-state index contributed by atoms with van der Waals surface area (Å²) in [5.41, 5.74) is 5.59. The van der Waals surface area contributed by atoms with Crippen LogP contribution < -0.4 is 5.73 Å². The first-order valence-corrected chi connectivity index (χ1v) is 6.20. The van der Waals surface area contributed by atoms with E-state index in [-0.39, 0.29) is 19.2 Å². The third-order valence-corrected chi connectivity index (χ3v) is 3.50. The second kappa shape index (κ2) is 5.53. The predicted octanol–water partition coefficient (Wildman–Crippen LogP) is -0.828. The Morgan fingerprint density at radius 1 is 1.28 bits per heavy atom. The number of hydrogen-bond acceptors (Lipinski definition) is 4. The molecule has 2 rings (SSSR count). The Morgan fingerprint density at radius 2 is 2.00 bits per heavy atom. The first kappa shape index (κ1) is 13.1. The largest absolute Gasteiger partial charge is 0.479 e. The van der Waals surface area contributed by atoms with Crippen molar-refractivity contribution in [2.24, 2.45) is 11.7 Å². The summed E-state index contributed by atoms with van der Waals surface area (Å²) in [6.45, 7) is 2.81. The molecule has 2 heterocycles. The van der Waals surface area contributed by atoms with Crippen molar-refractivity contribution in [1.82, 2.24) is 9.80 Å². The van der Waals surface area contributed by atoms with Gasteiger partial charge < -0.3 is 25.4 Å². The molecule has 7 heteroatoms. The summed E-state index contributed by atoms with van der Waals surface area (Å²) < 4.78 is 5.09. The molecule has 2 unspecified atom stereocenters. The van der Waals surface area contributed by atoms with Crippen LogP contribution in [0.3, 0.4) is 0 Å². The molecule has 2 amide bonds. The summed E-state index contributed by atoms with van der Waals surface area (Å²) in [5, 5.41) is 8.89. The molecule has 2 fully saturated rings. The number of ether oxygens (including phenoxy) is 1. The second-order valence-corrected chi connectivity index (χ2v) is 4.76. The number of amides is 2. The molecule has 0 saturated carbocycles. The van der Waals surface area contributed by atoms with E-state index in [1.807, 2.05) is 0 Å². The van der Waals surface area contributed by atoms with Crippen LogP contribution in [0.5, 0.6) is 0 Å². The van der Waals surface area contributed by atoms with Gasteiger partial charge in [-0.2, -0.15) is 0 Å². The molecule has 0 aromatic carbocycles. The lowest BCUT2D eigenvalue weighted by Gasteiger charge is -2.33. The molecule has 0 spiro atoms. The molecule has 0 aromatic heterocycles. The van der Waals surface area contributed by atoms with E-state index in [9.17, 15) is 9.59 Å². The number of nitrogens with zero attached hydrogens (tertiary/aromatic N) is 2. The number of aliphatic carboxylic acids is 1. The lowest BCUT2D eigenvalue weighted by atomic mass is 10.1. The molecule has 3 N–H and O–H groups in total. The van der Waals surface area contributed by atoms with E-state index < -0.39 is 12.1 Å². The summed E-state index contributed by atoms with van der Waals surface area (Å²) in [5.74, 6) is -0.654. The maximum absolute atomic E-state index is 12.2. The number of carboxylic acid groups (broad SMARTS) is 1. The van der Waals surface area contributed by atoms with Gasteiger partial charge in [0.15, 0.2) is 6.10 Å². The Labute approximate surface area is 105 Å². The number of hydrogen-bond donors (Lipinski definition) is 2. The first-order chi connectivity index (χ1) is 8.61. The molecular weight excluding hydrogens is 238 g/mol. The molecule has 0 aliphatic carbocycles. The van der Waals surface area contributed by atoms with Gasteiger partial charge in [0, 0.05) is 19.6 Å². The number of urea groups is 1. The highest BCUT2D eigenvalue weighted by Gasteiger charge is 2.33. The molecule has 102 valence electrons. The number of carboxylic acids is 1. The zero-order valence-electron chi connectivity index (χ0n) is 10.2. The highest BCUT2D eigenvalue weighted by molar-refractivity contribution is 5.77. The Kier molecular flexibility index (Phi) is 4.03. The van der Waals surface area contributed by atoms with Gasteiger partial charge in [-0.05, 0) is 18.9 Å². The summed E-state index contributed by atoms with van der Waals surface area (Å²) in [4.78, 5) is 26.4. The maximum atomic E-state index is 12.2. The van der Waals surface area contributed by atoms with Crippen LogP contribution in [0.2, 0.25) is 0 Å². The number of rotatable bonds is 2.